The van der Waals surface area contributed by atoms with Crippen molar-refractivity contribution in [3.05, 3.63) is 54.4 Å². The van der Waals surface area contributed by atoms with Crippen LogP contribution in [-0.4, -0.2) is 22.6 Å². The summed E-state index contributed by atoms with van der Waals surface area (Å²) in [5, 5.41) is 3.94. The molecule has 0 saturated carbocycles. The van der Waals surface area contributed by atoms with Crippen LogP contribution in [0, 0.1) is 0 Å². The molecule has 0 saturated heterocycles. The van der Waals surface area contributed by atoms with E-state index in [-0.39, 0.29) is 5.91 Å². The first-order valence-electron chi connectivity index (χ1n) is 7.58. The first-order valence-corrected chi connectivity index (χ1v) is 7.58. The van der Waals surface area contributed by atoms with E-state index in [1.54, 1.807) is 13.3 Å². The van der Waals surface area contributed by atoms with Crippen LogP contribution in [0.2, 0.25) is 0 Å². The van der Waals surface area contributed by atoms with E-state index >= 15 is 0 Å². The van der Waals surface area contributed by atoms with Gasteiger partial charge in [0.05, 0.1) is 13.5 Å². The number of nitrogens with zero attached hydrogens (tertiary/aromatic N) is 2. The third kappa shape index (κ3) is 3.18. The number of anilines is 1. The Morgan fingerprint density at radius 3 is 2.74 bits per heavy atom. The summed E-state index contributed by atoms with van der Waals surface area (Å²) in [6.45, 7) is 2.89. The second-order valence-corrected chi connectivity index (χ2v) is 5.27. The maximum Gasteiger partial charge on any atom is 0.228 e. The highest BCUT2D eigenvalue weighted by atomic mass is 16.5. The Bertz CT molecular complexity index is 822. The minimum Gasteiger partial charge on any atom is -0.497 e. The molecule has 1 N–H and O–H groups in total. The Kier molecular flexibility index (Phi) is 4.28. The molecule has 0 aliphatic rings. The van der Waals surface area contributed by atoms with Crippen molar-refractivity contribution in [2.45, 2.75) is 19.9 Å². The van der Waals surface area contributed by atoms with Crippen LogP contribution in [0.5, 0.6) is 5.75 Å². The number of ether oxygens (including phenoxy) is 1. The summed E-state index contributed by atoms with van der Waals surface area (Å²) in [6, 6.07) is 11.2. The third-order valence-electron chi connectivity index (χ3n) is 3.78. The largest absolute Gasteiger partial charge is 0.497 e. The molecule has 0 atom stereocenters. The van der Waals surface area contributed by atoms with E-state index < -0.39 is 0 Å². The fourth-order valence-corrected chi connectivity index (χ4v) is 2.63. The highest BCUT2D eigenvalue weighted by Crippen LogP contribution is 2.21. The van der Waals surface area contributed by atoms with Crippen LogP contribution in [0.25, 0.3) is 11.0 Å². The van der Waals surface area contributed by atoms with Gasteiger partial charge >= 0.3 is 0 Å². The van der Waals surface area contributed by atoms with Crippen LogP contribution < -0.4 is 10.1 Å². The molecule has 1 amide bonds. The van der Waals surface area contributed by atoms with Crippen molar-refractivity contribution in [3.63, 3.8) is 0 Å². The number of rotatable bonds is 5. The van der Waals surface area contributed by atoms with Crippen molar-refractivity contribution in [2.24, 2.45) is 0 Å². The number of fused-ring (bicyclic) bond motifs is 1. The Morgan fingerprint density at radius 2 is 2.04 bits per heavy atom. The Labute approximate surface area is 134 Å². The number of aromatic nitrogens is 2. The smallest absolute Gasteiger partial charge is 0.228 e. The summed E-state index contributed by atoms with van der Waals surface area (Å²) < 4.78 is 7.17. The van der Waals surface area contributed by atoms with Gasteiger partial charge in [-0.05, 0) is 48.9 Å². The number of pyridine rings is 1. The molecule has 1 aromatic carbocycles. The van der Waals surface area contributed by atoms with Crippen LogP contribution in [0.3, 0.4) is 0 Å². The van der Waals surface area contributed by atoms with E-state index in [0.717, 1.165) is 34.6 Å². The molecule has 23 heavy (non-hydrogen) atoms. The van der Waals surface area contributed by atoms with Crippen molar-refractivity contribution in [3.8, 4) is 5.75 Å². The van der Waals surface area contributed by atoms with Crippen molar-refractivity contribution < 1.29 is 9.53 Å². The van der Waals surface area contributed by atoms with Crippen molar-refractivity contribution >= 4 is 22.6 Å². The lowest BCUT2D eigenvalue weighted by Gasteiger charge is -2.06. The van der Waals surface area contributed by atoms with Gasteiger partial charge in [0.25, 0.3) is 0 Å². The molecular formula is C18H19N3O2. The van der Waals surface area contributed by atoms with Crippen molar-refractivity contribution in [2.75, 3.05) is 12.4 Å². The molecule has 0 radical (unpaired) electrons. The first kappa shape index (κ1) is 15.1. The number of methoxy groups -OCH3 is 1. The molecule has 2 heterocycles. The van der Waals surface area contributed by atoms with E-state index in [1.165, 1.54) is 0 Å². The molecule has 118 valence electrons. The average Bonchev–Trinajstić information content (AvgIpc) is 2.93. The maximum atomic E-state index is 12.3. The highest BCUT2D eigenvalue weighted by Gasteiger charge is 2.12. The summed E-state index contributed by atoms with van der Waals surface area (Å²) in [4.78, 5) is 16.7. The van der Waals surface area contributed by atoms with E-state index in [1.807, 2.05) is 42.6 Å². The zero-order chi connectivity index (χ0) is 16.2. The van der Waals surface area contributed by atoms with Gasteiger partial charge in [-0.3, -0.25) is 4.79 Å². The van der Waals surface area contributed by atoms with Gasteiger partial charge in [0.1, 0.15) is 11.4 Å². The molecule has 0 spiro atoms. The molecule has 0 unspecified atom stereocenters. The molecule has 2 aromatic heterocycles. The normalized spacial score (nSPS) is 10.7. The monoisotopic (exact) mass is 309 g/mol. The van der Waals surface area contributed by atoms with Crippen LogP contribution in [0.15, 0.2) is 48.8 Å². The zero-order valence-electron chi connectivity index (χ0n) is 13.2. The summed E-state index contributed by atoms with van der Waals surface area (Å²) in [7, 11) is 1.62. The summed E-state index contributed by atoms with van der Waals surface area (Å²) in [6.07, 6.45) is 4.10. The van der Waals surface area contributed by atoms with Crippen LogP contribution in [0.1, 0.15) is 12.5 Å². The molecule has 0 aliphatic heterocycles. The second-order valence-electron chi connectivity index (χ2n) is 5.27. The number of aryl methyl sites for hydroxylation is 1. The predicted molar refractivity (Wildman–Crippen MR) is 90.7 cm³/mol. The van der Waals surface area contributed by atoms with E-state index in [4.69, 9.17) is 4.74 Å². The van der Waals surface area contributed by atoms with Gasteiger partial charge in [-0.15, -0.1) is 0 Å². The fraction of sp³-hybridized carbons (Fsp3) is 0.222. The van der Waals surface area contributed by atoms with Crippen LogP contribution in [0.4, 0.5) is 5.69 Å². The van der Waals surface area contributed by atoms with Gasteiger partial charge in [-0.25, -0.2) is 4.98 Å². The van der Waals surface area contributed by atoms with Gasteiger partial charge in [0.15, 0.2) is 0 Å². The lowest BCUT2D eigenvalue weighted by Crippen LogP contribution is -2.14. The second kappa shape index (κ2) is 6.52. The molecule has 3 aromatic rings. The molecule has 3 rings (SSSR count). The summed E-state index contributed by atoms with van der Waals surface area (Å²) in [5.74, 6) is 0.717. The minimum absolute atomic E-state index is 0.0471. The number of nitrogens with one attached hydrogen (secondary N) is 1. The topological polar surface area (TPSA) is 56.2 Å². The number of hydrogen-bond donors (Lipinski definition) is 1. The molecule has 0 fully saturated rings. The van der Waals surface area contributed by atoms with Crippen molar-refractivity contribution in [1.29, 1.82) is 0 Å². The molecule has 0 aliphatic carbocycles. The number of carbonyl (C=O) groups is 1. The zero-order valence-corrected chi connectivity index (χ0v) is 13.2. The molecule has 5 heteroatoms. The van der Waals surface area contributed by atoms with Crippen LogP contribution in [-0.2, 0) is 17.8 Å². The maximum absolute atomic E-state index is 12.3. The first-order chi connectivity index (χ1) is 11.2. The Balaban J connectivity index is 1.77. The average molecular weight is 309 g/mol. The Hall–Kier alpha value is -2.82. The number of benzene rings is 1. The van der Waals surface area contributed by atoms with E-state index in [0.29, 0.717) is 6.42 Å². The standard InChI is InChI=1S/C18H19N3O2/c1-3-21-12-13(16-5-4-10-19-18(16)21)11-17(22)20-14-6-8-15(23-2)9-7-14/h4-10,12H,3,11H2,1-2H3,(H,20,22). The van der Waals surface area contributed by atoms with Gasteiger partial charge < -0.3 is 14.6 Å². The van der Waals surface area contributed by atoms with Gasteiger partial charge in [0, 0.05) is 30.0 Å². The fourth-order valence-electron chi connectivity index (χ4n) is 2.63. The molecular weight excluding hydrogens is 290 g/mol. The van der Waals surface area contributed by atoms with E-state index in [2.05, 4.69) is 21.8 Å². The van der Waals surface area contributed by atoms with Crippen molar-refractivity contribution in [1.82, 2.24) is 9.55 Å². The quantitative estimate of drug-likeness (QED) is 0.787. The van der Waals surface area contributed by atoms with Gasteiger partial charge in [0.2, 0.25) is 5.91 Å². The lowest BCUT2D eigenvalue weighted by atomic mass is 10.1. The third-order valence-corrected chi connectivity index (χ3v) is 3.78. The van der Waals surface area contributed by atoms with Gasteiger partial charge in [-0.1, -0.05) is 0 Å². The molecule has 0 bridgehead atoms. The molecule has 5 nitrogen and oxygen atoms in total. The summed E-state index contributed by atoms with van der Waals surface area (Å²) >= 11 is 0. The number of amides is 1. The van der Waals surface area contributed by atoms with Gasteiger partial charge in [-0.2, -0.15) is 0 Å². The predicted octanol–water partition coefficient (Wildman–Crippen LogP) is 3.25. The number of hydrogen-bond acceptors (Lipinski definition) is 3. The number of carbonyl (C=O) groups excluding carboxylic acids is 1. The highest BCUT2D eigenvalue weighted by molar-refractivity contribution is 5.95. The van der Waals surface area contributed by atoms with Crippen LogP contribution >= 0.6 is 0 Å². The SMILES string of the molecule is CCn1cc(CC(=O)Nc2ccc(OC)cc2)c2cccnc21. The lowest BCUT2D eigenvalue weighted by molar-refractivity contribution is -0.115. The summed E-state index contributed by atoms with van der Waals surface area (Å²) in [5.41, 5.74) is 2.66. The Morgan fingerprint density at radius 1 is 1.26 bits per heavy atom. The van der Waals surface area contributed by atoms with E-state index in [9.17, 15) is 4.79 Å². The minimum atomic E-state index is -0.0471.